The molecule has 1 aliphatic carbocycles. The third kappa shape index (κ3) is 2.52. The summed E-state index contributed by atoms with van der Waals surface area (Å²) in [5, 5.41) is 0. The molecular weight excluding hydrogens is 213 g/mol. The van der Waals surface area contributed by atoms with E-state index >= 15 is 0 Å². The fourth-order valence-electron chi connectivity index (χ4n) is 3.13. The van der Waals surface area contributed by atoms with Gasteiger partial charge in [0.25, 0.3) is 0 Å². The average molecular weight is 235 g/mol. The highest BCUT2D eigenvalue weighted by molar-refractivity contribution is 5.35. The first-order valence-electron chi connectivity index (χ1n) is 6.51. The summed E-state index contributed by atoms with van der Waals surface area (Å²) in [5.41, 5.74) is 9.08. The van der Waals surface area contributed by atoms with Gasteiger partial charge in [-0.3, -0.25) is 0 Å². The van der Waals surface area contributed by atoms with E-state index in [0.717, 1.165) is 29.5 Å². The van der Waals surface area contributed by atoms with E-state index in [0.29, 0.717) is 5.92 Å². The molecule has 0 heterocycles. The molecule has 1 aromatic rings. The summed E-state index contributed by atoms with van der Waals surface area (Å²) >= 11 is 0. The van der Waals surface area contributed by atoms with Crippen molar-refractivity contribution in [2.45, 2.75) is 52.0 Å². The normalized spacial score (nSPS) is 29.4. The van der Waals surface area contributed by atoms with Crippen LogP contribution in [0.15, 0.2) is 12.1 Å². The summed E-state index contributed by atoms with van der Waals surface area (Å²) in [5.74, 6) is 0.774. The first-order valence-corrected chi connectivity index (χ1v) is 6.51. The van der Waals surface area contributed by atoms with Crippen molar-refractivity contribution in [1.29, 1.82) is 0 Å². The van der Waals surface area contributed by atoms with Crippen molar-refractivity contribution in [1.82, 2.24) is 0 Å². The Morgan fingerprint density at radius 2 is 1.94 bits per heavy atom. The summed E-state index contributed by atoms with van der Waals surface area (Å²) < 4.78 is 14.1. The summed E-state index contributed by atoms with van der Waals surface area (Å²) in [6.45, 7) is 6.17. The molecule has 0 amide bonds. The molecule has 1 nitrogen and oxygen atoms in total. The highest BCUT2D eigenvalue weighted by Gasteiger charge is 2.30. The molecule has 2 rings (SSSR count). The van der Waals surface area contributed by atoms with Crippen LogP contribution < -0.4 is 5.73 Å². The third-order valence-corrected chi connectivity index (χ3v) is 4.02. The van der Waals surface area contributed by atoms with Crippen LogP contribution in [-0.4, -0.2) is 6.04 Å². The van der Waals surface area contributed by atoms with Gasteiger partial charge in [-0.05, 0) is 61.8 Å². The van der Waals surface area contributed by atoms with Gasteiger partial charge in [0.2, 0.25) is 0 Å². The minimum atomic E-state index is -0.0722. The number of halogens is 1. The molecule has 1 aromatic carbocycles. The predicted molar refractivity (Wildman–Crippen MR) is 69.6 cm³/mol. The zero-order chi connectivity index (χ0) is 12.6. The summed E-state index contributed by atoms with van der Waals surface area (Å²) in [6.07, 6.45) is 3.20. The SMILES string of the molecule is Cc1cc(C)c(C2CC(C)CCC2N)c(F)c1. The minimum Gasteiger partial charge on any atom is -0.327 e. The minimum absolute atomic E-state index is 0.0722. The summed E-state index contributed by atoms with van der Waals surface area (Å²) in [6, 6.07) is 3.81. The lowest BCUT2D eigenvalue weighted by Crippen LogP contribution is -2.34. The maximum atomic E-state index is 14.1. The molecule has 1 fully saturated rings. The van der Waals surface area contributed by atoms with Crippen molar-refractivity contribution >= 4 is 0 Å². The van der Waals surface area contributed by atoms with E-state index in [4.69, 9.17) is 5.73 Å². The van der Waals surface area contributed by atoms with Crippen molar-refractivity contribution in [2.75, 3.05) is 0 Å². The monoisotopic (exact) mass is 235 g/mol. The van der Waals surface area contributed by atoms with Gasteiger partial charge in [-0.25, -0.2) is 4.39 Å². The molecule has 0 spiro atoms. The van der Waals surface area contributed by atoms with Gasteiger partial charge in [-0.15, -0.1) is 0 Å². The molecule has 3 atom stereocenters. The standard InChI is InChI=1S/C15H22FN/c1-9-4-5-14(17)12(7-9)15-11(3)6-10(2)8-13(15)16/h6,8-9,12,14H,4-5,7,17H2,1-3H3. The maximum absolute atomic E-state index is 14.1. The van der Waals surface area contributed by atoms with Gasteiger partial charge in [0.15, 0.2) is 0 Å². The molecule has 0 aliphatic heterocycles. The van der Waals surface area contributed by atoms with Crippen molar-refractivity contribution in [3.05, 3.63) is 34.6 Å². The van der Waals surface area contributed by atoms with Crippen molar-refractivity contribution < 1.29 is 4.39 Å². The number of hydrogen-bond acceptors (Lipinski definition) is 1. The Balaban J connectivity index is 2.38. The number of rotatable bonds is 1. The second-order valence-corrected chi connectivity index (χ2v) is 5.67. The molecule has 1 saturated carbocycles. The van der Waals surface area contributed by atoms with Crippen LogP contribution in [0.25, 0.3) is 0 Å². The molecule has 1 aliphatic rings. The lowest BCUT2D eigenvalue weighted by molar-refractivity contribution is 0.300. The molecule has 2 heteroatoms. The van der Waals surface area contributed by atoms with Crippen molar-refractivity contribution in [2.24, 2.45) is 11.7 Å². The summed E-state index contributed by atoms with van der Waals surface area (Å²) in [4.78, 5) is 0. The Hall–Kier alpha value is -0.890. The van der Waals surface area contributed by atoms with Crippen LogP contribution in [0.4, 0.5) is 4.39 Å². The Morgan fingerprint density at radius 3 is 2.59 bits per heavy atom. The topological polar surface area (TPSA) is 26.0 Å². The molecule has 17 heavy (non-hydrogen) atoms. The fraction of sp³-hybridized carbons (Fsp3) is 0.600. The van der Waals surface area contributed by atoms with Crippen LogP contribution in [0.5, 0.6) is 0 Å². The molecule has 94 valence electrons. The zero-order valence-electron chi connectivity index (χ0n) is 11.0. The molecule has 0 bridgehead atoms. The second kappa shape index (κ2) is 4.77. The van der Waals surface area contributed by atoms with E-state index in [-0.39, 0.29) is 17.8 Å². The van der Waals surface area contributed by atoms with Crippen molar-refractivity contribution in [3.63, 3.8) is 0 Å². The Labute approximate surface area is 103 Å². The fourth-order valence-corrected chi connectivity index (χ4v) is 3.13. The van der Waals surface area contributed by atoms with Crippen LogP contribution in [0.2, 0.25) is 0 Å². The molecule has 0 radical (unpaired) electrons. The lowest BCUT2D eigenvalue weighted by atomic mass is 9.74. The highest BCUT2D eigenvalue weighted by Crippen LogP contribution is 2.38. The van der Waals surface area contributed by atoms with Gasteiger partial charge in [0, 0.05) is 12.0 Å². The Kier molecular flexibility index (Phi) is 3.53. The van der Waals surface area contributed by atoms with E-state index < -0.39 is 0 Å². The predicted octanol–water partition coefficient (Wildman–Crippen LogP) is 3.67. The van der Waals surface area contributed by atoms with E-state index in [2.05, 4.69) is 13.0 Å². The molecular formula is C15H22FN. The second-order valence-electron chi connectivity index (χ2n) is 5.67. The average Bonchev–Trinajstić information content (AvgIpc) is 2.21. The van der Waals surface area contributed by atoms with Gasteiger partial charge >= 0.3 is 0 Å². The van der Waals surface area contributed by atoms with Gasteiger partial charge in [-0.1, -0.05) is 13.0 Å². The van der Waals surface area contributed by atoms with Crippen molar-refractivity contribution in [3.8, 4) is 0 Å². The number of aryl methyl sites for hydroxylation is 2. The largest absolute Gasteiger partial charge is 0.327 e. The van der Waals surface area contributed by atoms with Gasteiger partial charge in [0.1, 0.15) is 5.82 Å². The zero-order valence-corrected chi connectivity index (χ0v) is 11.0. The molecule has 2 N–H and O–H groups in total. The highest BCUT2D eigenvalue weighted by atomic mass is 19.1. The first kappa shape index (κ1) is 12.6. The maximum Gasteiger partial charge on any atom is 0.127 e. The summed E-state index contributed by atoms with van der Waals surface area (Å²) in [7, 11) is 0. The van der Waals surface area contributed by atoms with Gasteiger partial charge < -0.3 is 5.73 Å². The van der Waals surface area contributed by atoms with E-state index in [1.54, 1.807) is 6.07 Å². The quantitative estimate of drug-likeness (QED) is 0.789. The van der Waals surface area contributed by atoms with Crippen LogP contribution >= 0.6 is 0 Å². The van der Waals surface area contributed by atoms with Gasteiger partial charge in [0.05, 0.1) is 0 Å². The first-order chi connectivity index (χ1) is 7.99. The smallest absolute Gasteiger partial charge is 0.127 e. The van der Waals surface area contributed by atoms with E-state index in [9.17, 15) is 4.39 Å². The molecule has 0 saturated heterocycles. The lowest BCUT2D eigenvalue weighted by Gasteiger charge is -2.34. The van der Waals surface area contributed by atoms with Crippen LogP contribution in [-0.2, 0) is 0 Å². The molecule has 3 unspecified atom stereocenters. The number of hydrogen-bond donors (Lipinski definition) is 1. The third-order valence-electron chi connectivity index (χ3n) is 4.02. The number of benzene rings is 1. The van der Waals surface area contributed by atoms with E-state index in [1.807, 2.05) is 13.8 Å². The Morgan fingerprint density at radius 1 is 1.24 bits per heavy atom. The van der Waals surface area contributed by atoms with Crippen LogP contribution in [0.1, 0.15) is 48.8 Å². The number of nitrogens with two attached hydrogens (primary N) is 1. The van der Waals surface area contributed by atoms with Crippen LogP contribution in [0, 0.1) is 25.6 Å². The van der Waals surface area contributed by atoms with E-state index in [1.165, 1.54) is 6.42 Å². The van der Waals surface area contributed by atoms with Gasteiger partial charge in [-0.2, -0.15) is 0 Å². The Bertz CT molecular complexity index is 390. The van der Waals surface area contributed by atoms with Crippen LogP contribution in [0.3, 0.4) is 0 Å². The molecule has 0 aromatic heterocycles.